The Morgan fingerprint density at radius 2 is 1.90 bits per heavy atom. The average Bonchev–Trinajstić information content (AvgIpc) is 2.69. The van der Waals surface area contributed by atoms with Crippen molar-refractivity contribution in [2.45, 2.75) is 63.8 Å². The Labute approximate surface area is 178 Å². The number of thioether (sulfide) groups is 1. The van der Waals surface area contributed by atoms with E-state index >= 15 is 0 Å². The Balaban J connectivity index is 2.20. The molecule has 1 aromatic carbocycles. The molecule has 0 fully saturated rings. The van der Waals surface area contributed by atoms with Crippen LogP contribution < -0.4 is 10.9 Å². The van der Waals surface area contributed by atoms with Crippen molar-refractivity contribution in [3.63, 3.8) is 0 Å². The van der Waals surface area contributed by atoms with Crippen molar-refractivity contribution in [2.75, 3.05) is 6.54 Å². The zero-order valence-electron chi connectivity index (χ0n) is 18.2. The number of hydrogen-bond donors (Lipinski definition) is 1. The van der Waals surface area contributed by atoms with Gasteiger partial charge in [0.2, 0.25) is 5.91 Å². The smallest absolute Gasteiger partial charge is 0.257 e. The van der Waals surface area contributed by atoms with Gasteiger partial charge in [0.1, 0.15) is 0 Å². The molecular formula is C23H33N3O2S. The van der Waals surface area contributed by atoms with Crippen LogP contribution in [0.3, 0.4) is 0 Å². The topological polar surface area (TPSA) is 64.0 Å². The van der Waals surface area contributed by atoms with Crippen molar-refractivity contribution < 1.29 is 4.79 Å². The van der Waals surface area contributed by atoms with Crippen molar-refractivity contribution >= 4 is 17.7 Å². The van der Waals surface area contributed by atoms with Crippen LogP contribution in [0.1, 0.15) is 56.9 Å². The molecule has 0 saturated heterocycles. The standard InChI is InChI=1S/C23H33N3O2S/c1-6-10-20(21(27)24-14-13-16(2)3)29-23-25-17(4)19(22(28)26(23)5)15-18-11-8-7-9-12-18/h7-9,11-12,16,20H,6,10,13-15H2,1-5H3,(H,24,27)/t20-/m0/s1. The fourth-order valence-corrected chi connectivity index (χ4v) is 4.30. The molecule has 1 aromatic heterocycles. The van der Waals surface area contributed by atoms with Gasteiger partial charge in [0.05, 0.1) is 5.25 Å². The first-order valence-corrected chi connectivity index (χ1v) is 11.3. The maximum atomic E-state index is 13.0. The van der Waals surface area contributed by atoms with Gasteiger partial charge in [-0.25, -0.2) is 4.98 Å². The molecule has 158 valence electrons. The van der Waals surface area contributed by atoms with E-state index in [4.69, 9.17) is 0 Å². The number of aromatic nitrogens is 2. The minimum atomic E-state index is -0.246. The Morgan fingerprint density at radius 1 is 1.21 bits per heavy atom. The molecule has 0 spiro atoms. The quantitative estimate of drug-likeness (QED) is 0.469. The number of aryl methyl sites for hydroxylation is 1. The molecule has 0 aliphatic carbocycles. The molecule has 0 radical (unpaired) electrons. The van der Waals surface area contributed by atoms with Crippen LogP contribution in [0.5, 0.6) is 0 Å². The fraction of sp³-hybridized carbons (Fsp3) is 0.522. The minimum Gasteiger partial charge on any atom is -0.355 e. The van der Waals surface area contributed by atoms with Gasteiger partial charge in [-0.1, -0.05) is 69.3 Å². The number of rotatable bonds is 10. The van der Waals surface area contributed by atoms with Gasteiger partial charge in [-0.2, -0.15) is 0 Å². The number of hydrogen-bond acceptors (Lipinski definition) is 4. The molecule has 5 nitrogen and oxygen atoms in total. The summed E-state index contributed by atoms with van der Waals surface area (Å²) in [5, 5.41) is 3.39. The summed E-state index contributed by atoms with van der Waals surface area (Å²) in [7, 11) is 1.74. The number of nitrogens with zero attached hydrogens (tertiary/aromatic N) is 2. The van der Waals surface area contributed by atoms with E-state index in [-0.39, 0.29) is 16.7 Å². The zero-order valence-corrected chi connectivity index (χ0v) is 19.0. The Bertz CT molecular complexity index is 862. The molecule has 29 heavy (non-hydrogen) atoms. The monoisotopic (exact) mass is 415 g/mol. The maximum Gasteiger partial charge on any atom is 0.257 e. The van der Waals surface area contributed by atoms with Crippen molar-refractivity contribution in [3.05, 3.63) is 57.5 Å². The molecule has 1 heterocycles. The van der Waals surface area contributed by atoms with Crippen LogP contribution in [0, 0.1) is 12.8 Å². The minimum absolute atomic E-state index is 0.0257. The molecule has 2 aromatic rings. The van der Waals surface area contributed by atoms with E-state index < -0.39 is 0 Å². The molecule has 6 heteroatoms. The molecule has 0 aliphatic heterocycles. The molecule has 0 aliphatic rings. The van der Waals surface area contributed by atoms with Gasteiger partial charge < -0.3 is 5.32 Å². The van der Waals surface area contributed by atoms with Gasteiger partial charge in [-0.3, -0.25) is 14.2 Å². The summed E-state index contributed by atoms with van der Waals surface area (Å²) in [5.74, 6) is 0.577. The summed E-state index contributed by atoms with van der Waals surface area (Å²) in [6.45, 7) is 8.91. The van der Waals surface area contributed by atoms with Crippen LogP contribution in [0.15, 0.2) is 40.3 Å². The first-order chi connectivity index (χ1) is 13.8. The Morgan fingerprint density at radius 3 is 2.52 bits per heavy atom. The summed E-state index contributed by atoms with van der Waals surface area (Å²) in [4.78, 5) is 30.3. The van der Waals surface area contributed by atoms with Gasteiger partial charge in [0.15, 0.2) is 5.16 Å². The number of benzene rings is 1. The highest BCUT2D eigenvalue weighted by atomic mass is 32.2. The lowest BCUT2D eigenvalue weighted by Gasteiger charge is -2.18. The summed E-state index contributed by atoms with van der Waals surface area (Å²) in [6, 6.07) is 9.94. The molecule has 1 N–H and O–H groups in total. The normalized spacial score (nSPS) is 12.2. The van der Waals surface area contributed by atoms with E-state index in [1.54, 1.807) is 11.6 Å². The van der Waals surface area contributed by atoms with Crippen molar-refractivity contribution in [1.82, 2.24) is 14.9 Å². The highest BCUT2D eigenvalue weighted by molar-refractivity contribution is 8.00. The van der Waals surface area contributed by atoms with E-state index in [1.807, 2.05) is 37.3 Å². The lowest BCUT2D eigenvalue weighted by molar-refractivity contribution is -0.120. The van der Waals surface area contributed by atoms with Crippen molar-refractivity contribution in [2.24, 2.45) is 13.0 Å². The van der Waals surface area contributed by atoms with Crippen molar-refractivity contribution in [1.29, 1.82) is 0 Å². The van der Waals surface area contributed by atoms with Gasteiger partial charge in [-0.15, -0.1) is 0 Å². The lowest BCUT2D eigenvalue weighted by Crippen LogP contribution is -2.35. The summed E-state index contributed by atoms with van der Waals surface area (Å²) in [5.41, 5.74) is 2.48. The second-order valence-electron chi connectivity index (χ2n) is 7.85. The largest absolute Gasteiger partial charge is 0.355 e. The highest BCUT2D eigenvalue weighted by Gasteiger charge is 2.22. The van der Waals surface area contributed by atoms with Crippen LogP contribution in [-0.4, -0.2) is 27.3 Å². The van der Waals surface area contributed by atoms with Gasteiger partial charge >= 0.3 is 0 Å². The third-order valence-corrected chi connectivity index (χ3v) is 6.20. The SMILES string of the molecule is CCC[C@H](Sc1nc(C)c(Cc2ccccc2)c(=O)n1C)C(=O)NCCC(C)C. The van der Waals surface area contributed by atoms with E-state index in [2.05, 4.69) is 31.1 Å². The van der Waals surface area contributed by atoms with E-state index in [1.165, 1.54) is 11.8 Å². The van der Waals surface area contributed by atoms with Crippen LogP contribution >= 0.6 is 11.8 Å². The molecule has 0 unspecified atom stereocenters. The first kappa shape index (κ1) is 23.2. The number of carbonyl (C=O) groups excluding carboxylic acids is 1. The van der Waals surface area contributed by atoms with Crippen LogP contribution in [-0.2, 0) is 18.3 Å². The van der Waals surface area contributed by atoms with Gasteiger partial charge in [0.25, 0.3) is 5.56 Å². The molecule has 1 amide bonds. The van der Waals surface area contributed by atoms with Crippen molar-refractivity contribution in [3.8, 4) is 0 Å². The number of amides is 1. The Hall–Kier alpha value is -2.08. The van der Waals surface area contributed by atoms with E-state index in [0.717, 1.165) is 30.5 Å². The number of carbonyl (C=O) groups is 1. The summed E-state index contributed by atoms with van der Waals surface area (Å²) < 4.78 is 1.58. The maximum absolute atomic E-state index is 13.0. The zero-order chi connectivity index (χ0) is 21.4. The van der Waals surface area contributed by atoms with Crippen LogP contribution in [0.2, 0.25) is 0 Å². The predicted octanol–water partition coefficient (Wildman–Crippen LogP) is 4.10. The van der Waals surface area contributed by atoms with E-state index in [9.17, 15) is 9.59 Å². The second kappa shape index (κ2) is 11.2. The molecule has 2 rings (SSSR count). The van der Waals surface area contributed by atoms with Crippen LogP contribution in [0.25, 0.3) is 0 Å². The fourth-order valence-electron chi connectivity index (χ4n) is 3.07. The third kappa shape index (κ3) is 6.74. The summed E-state index contributed by atoms with van der Waals surface area (Å²) in [6.07, 6.45) is 3.16. The van der Waals surface area contributed by atoms with Gasteiger partial charge in [-0.05, 0) is 31.2 Å². The van der Waals surface area contributed by atoms with Gasteiger partial charge in [0, 0.05) is 31.3 Å². The second-order valence-corrected chi connectivity index (χ2v) is 9.02. The molecule has 1 atom stereocenters. The Kier molecular flexibility index (Phi) is 8.96. The average molecular weight is 416 g/mol. The molecule has 0 bridgehead atoms. The summed E-state index contributed by atoms with van der Waals surface area (Å²) >= 11 is 1.39. The number of nitrogens with one attached hydrogen (secondary N) is 1. The van der Waals surface area contributed by atoms with Crippen LogP contribution in [0.4, 0.5) is 0 Å². The highest BCUT2D eigenvalue weighted by Crippen LogP contribution is 2.25. The lowest BCUT2D eigenvalue weighted by atomic mass is 10.1. The molecule has 0 saturated carbocycles. The predicted molar refractivity (Wildman–Crippen MR) is 120 cm³/mol. The molecular weight excluding hydrogens is 382 g/mol. The third-order valence-electron chi connectivity index (χ3n) is 4.89. The first-order valence-electron chi connectivity index (χ1n) is 10.4. The van der Waals surface area contributed by atoms with E-state index in [0.29, 0.717) is 29.6 Å².